The Labute approximate surface area is 120 Å². The van der Waals surface area contributed by atoms with Crippen LogP contribution in [0.15, 0.2) is 35.1 Å². The Balaban J connectivity index is 1.82. The predicted octanol–water partition coefficient (Wildman–Crippen LogP) is 3.41. The molecule has 3 nitrogen and oxygen atoms in total. The molecule has 0 radical (unpaired) electrons. The Morgan fingerprint density at radius 3 is 3.00 bits per heavy atom. The van der Waals surface area contributed by atoms with Gasteiger partial charge in [-0.15, -0.1) is 0 Å². The second-order valence-electron chi connectivity index (χ2n) is 4.91. The van der Waals surface area contributed by atoms with Crippen molar-refractivity contribution in [3.63, 3.8) is 0 Å². The molecule has 2 aromatic rings. The molecule has 1 heterocycles. The maximum atomic E-state index is 12.3. The van der Waals surface area contributed by atoms with Gasteiger partial charge >= 0.3 is 0 Å². The molecule has 0 fully saturated rings. The SMILES string of the molecule is O=C(Cn1cnc2c1CCCC2)c1cccc(Br)c1. The van der Waals surface area contributed by atoms with Gasteiger partial charge in [-0.2, -0.15) is 0 Å². The standard InChI is InChI=1S/C15H15BrN2O/c16-12-5-3-4-11(8-12)15(19)9-18-10-17-13-6-1-2-7-14(13)18/h3-5,8,10H,1-2,6-7,9H2. The molecule has 1 aromatic heterocycles. The summed E-state index contributed by atoms with van der Waals surface area (Å²) >= 11 is 3.40. The molecule has 1 aromatic carbocycles. The first-order valence-corrected chi connectivity index (χ1v) is 7.35. The maximum absolute atomic E-state index is 12.3. The van der Waals surface area contributed by atoms with Crippen LogP contribution < -0.4 is 0 Å². The summed E-state index contributed by atoms with van der Waals surface area (Å²) < 4.78 is 2.95. The third kappa shape index (κ3) is 2.63. The Morgan fingerprint density at radius 2 is 2.16 bits per heavy atom. The van der Waals surface area contributed by atoms with Crippen molar-refractivity contribution in [3.8, 4) is 0 Å². The number of Topliss-reactive ketones (excluding diaryl/α,β-unsaturated/α-hetero) is 1. The number of hydrogen-bond donors (Lipinski definition) is 0. The van der Waals surface area contributed by atoms with Crippen LogP contribution in [0.1, 0.15) is 34.6 Å². The first-order valence-electron chi connectivity index (χ1n) is 6.55. The number of fused-ring (bicyclic) bond motifs is 1. The Hall–Kier alpha value is -1.42. The van der Waals surface area contributed by atoms with Gasteiger partial charge in [0.1, 0.15) is 0 Å². The van der Waals surface area contributed by atoms with E-state index in [4.69, 9.17) is 0 Å². The summed E-state index contributed by atoms with van der Waals surface area (Å²) in [5.74, 6) is 0.132. The molecule has 19 heavy (non-hydrogen) atoms. The first kappa shape index (κ1) is 12.6. The number of rotatable bonds is 3. The summed E-state index contributed by atoms with van der Waals surface area (Å²) in [6.07, 6.45) is 6.31. The molecule has 0 N–H and O–H groups in total. The quantitative estimate of drug-likeness (QED) is 0.813. The predicted molar refractivity (Wildman–Crippen MR) is 77.3 cm³/mol. The molecule has 0 atom stereocenters. The Bertz CT molecular complexity index is 618. The zero-order valence-corrected chi connectivity index (χ0v) is 12.2. The van der Waals surface area contributed by atoms with Crippen LogP contribution >= 0.6 is 15.9 Å². The molecule has 1 aliphatic rings. The van der Waals surface area contributed by atoms with E-state index in [1.165, 1.54) is 24.2 Å². The molecule has 0 aliphatic heterocycles. The van der Waals surface area contributed by atoms with Gasteiger partial charge in [-0.3, -0.25) is 4.79 Å². The molecule has 0 unspecified atom stereocenters. The largest absolute Gasteiger partial charge is 0.327 e. The van der Waals surface area contributed by atoms with Gasteiger partial charge in [-0.1, -0.05) is 28.1 Å². The highest BCUT2D eigenvalue weighted by Gasteiger charge is 2.17. The van der Waals surface area contributed by atoms with Crippen LogP contribution in [0.4, 0.5) is 0 Å². The highest BCUT2D eigenvalue weighted by molar-refractivity contribution is 9.10. The molecule has 98 valence electrons. The summed E-state index contributed by atoms with van der Waals surface area (Å²) in [5.41, 5.74) is 3.16. The molecular formula is C15H15BrN2O. The second kappa shape index (κ2) is 5.29. The fraction of sp³-hybridized carbons (Fsp3) is 0.333. The Kier molecular flexibility index (Phi) is 3.51. The van der Waals surface area contributed by atoms with Crippen molar-refractivity contribution in [2.75, 3.05) is 0 Å². The van der Waals surface area contributed by atoms with Crippen molar-refractivity contribution in [2.24, 2.45) is 0 Å². The maximum Gasteiger partial charge on any atom is 0.182 e. The summed E-state index contributed by atoms with van der Waals surface area (Å²) in [5, 5.41) is 0. The van der Waals surface area contributed by atoms with E-state index in [0.29, 0.717) is 6.54 Å². The molecule has 0 saturated carbocycles. The van der Waals surface area contributed by atoms with Gasteiger partial charge in [-0.05, 0) is 37.8 Å². The number of halogens is 1. The van der Waals surface area contributed by atoms with Gasteiger partial charge in [0.15, 0.2) is 5.78 Å². The third-order valence-electron chi connectivity index (χ3n) is 3.57. The van der Waals surface area contributed by atoms with Gasteiger partial charge in [-0.25, -0.2) is 4.98 Å². The van der Waals surface area contributed by atoms with Crippen LogP contribution in [0, 0.1) is 0 Å². The van der Waals surface area contributed by atoms with Crippen LogP contribution in [0.2, 0.25) is 0 Å². The number of nitrogens with zero attached hydrogens (tertiary/aromatic N) is 2. The topological polar surface area (TPSA) is 34.9 Å². The van der Waals surface area contributed by atoms with Crippen LogP contribution in [0.5, 0.6) is 0 Å². The van der Waals surface area contributed by atoms with Crippen LogP contribution in [0.3, 0.4) is 0 Å². The van der Waals surface area contributed by atoms with Gasteiger partial charge < -0.3 is 4.57 Å². The fourth-order valence-electron chi connectivity index (χ4n) is 2.58. The lowest BCUT2D eigenvalue weighted by Gasteiger charge is -2.13. The first-order chi connectivity index (χ1) is 9.24. The van der Waals surface area contributed by atoms with Crippen LogP contribution in [-0.4, -0.2) is 15.3 Å². The van der Waals surface area contributed by atoms with Crippen molar-refractivity contribution in [3.05, 3.63) is 52.0 Å². The average molecular weight is 319 g/mol. The number of aryl methyl sites for hydroxylation is 1. The molecule has 4 heteroatoms. The lowest BCUT2D eigenvalue weighted by Crippen LogP contribution is -2.14. The number of aromatic nitrogens is 2. The van der Waals surface area contributed by atoms with Crippen molar-refractivity contribution in [1.29, 1.82) is 0 Å². The Morgan fingerprint density at radius 1 is 1.32 bits per heavy atom. The molecule has 0 spiro atoms. The molecule has 0 amide bonds. The van der Waals surface area contributed by atoms with E-state index in [9.17, 15) is 4.79 Å². The lowest BCUT2D eigenvalue weighted by molar-refractivity contribution is 0.0971. The fourth-order valence-corrected chi connectivity index (χ4v) is 2.97. The van der Waals surface area contributed by atoms with Crippen molar-refractivity contribution >= 4 is 21.7 Å². The second-order valence-corrected chi connectivity index (χ2v) is 5.82. The lowest BCUT2D eigenvalue weighted by atomic mass is 10.0. The number of hydrogen-bond acceptors (Lipinski definition) is 2. The van der Waals surface area contributed by atoms with Crippen molar-refractivity contribution in [2.45, 2.75) is 32.2 Å². The van der Waals surface area contributed by atoms with Crippen LogP contribution in [-0.2, 0) is 19.4 Å². The summed E-state index contributed by atoms with van der Waals surface area (Å²) in [7, 11) is 0. The number of imidazole rings is 1. The number of carbonyl (C=O) groups excluding carboxylic acids is 1. The van der Waals surface area contributed by atoms with Gasteiger partial charge in [0.2, 0.25) is 0 Å². The number of benzene rings is 1. The minimum Gasteiger partial charge on any atom is -0.327 e. The normalized spacial score (nSPS) is 14.2. The van der Waals surface area contributed by atoms with Gasteiger partial charge in [0.05, 0.1) is 18.6 Å². The monoisotopic (exact) mass is 318 g/mol. The highest BCUT2D eigenvalue weighted by Crippen LogP contribution is 2.20. The summed E-state index contributed by atoms with van der Waals surface area (Å²) in [6.45, 7) is 0.388. The van der Waals surface area contributed by atoms with E-state index >= 15 is 0 Å². The molecule has 0 saturated heterocycles. The summed E-state index contributed by atoms with van der Waals surface area (Å²) in [6, 6.07) is 7.54. The van der Waals surface area contributed by atoms with E-state index in [2.05, 4.69) is 20.9 Å². The average Bonchev–Trinajstić information content (AvgIpc) is 2.82. The van der Waals surface area contributed by atoms with Crippen molar-refractivity contribution in [1.82, 2.24) is 9.55 Å². The van der Waals surface area contributed by atoms with E-state index in [-0.39, 0.29) is 5.78 Å². The van der Waals surface area contributed by atoms with Crippen LogP contribution in [0.25, 0.3) is 0 Å². The van der Waals surface area contributed by atoms with Gasteiger partial charge in [0, 0.05) is 15.7 Å². The van der Waals surface area contributed by atoms with E-state index in [1.807, 2.05) is 35.2 Å². The smallest absolute Gasteiger partial charge is 0.182 e. The third-order valence-corrected chi connectivity index (χ3v) is 4.06. The summed E-state index contributed by atoms with van der Waals surface area (Å²) in [4.78, 5) is 16.7. The zero-order chi connectivity index (χ0) is 13.2. The molecular weight excluding hydrogens is 304 g/mol. The zero-order valence-electron chi connectivity index (χ0n) is 10.6. The van der Waals surface area contributed by atoms with Gasteiger partial charge in [0.25, 0.3) is 0 Å². The van der Waals surface area contributed by atoms with E-state index in [1.54, 1.807) is 0 Å². The molecule has 3 rings (SSSR count). The number of carbonyl (C=O) groups is 1. The minimum absolute atomic E-state index is 0.132. The van der Waals surface area contributed by atoms with E-state index in [0.717, 1.165) is 22.9 Å². The van der Waals surface area contributed by atoms with E-state index < -0.39 is 0 Å². The van der Waals surface area contributed by atoms with Crippen molar-refractivity contribution < 1.29 is 4.79 Å². The molecule has 1 aliphatic carbocycles. The minimum atomic E-state index is 0.132. The highest BCUT2D eigenvalue weighted by atomic mass is 79.9. The number of ketones is 1. The molecule has 0 bridgehead atoms.